The first-order valence-corrected chi connectivity index (χ1v) is 15.3. The van der Waals surface area contributed by atoms with Gasteiger partial charge in [-0.2, -0.15) is 12.6 Å². The van der Waals surface area contributed by atoms with Gasteiger partial charge < -0.3 is 31.8 Å². The lowest BCUT2D eigenvalue weighted by atomic mass is 10.0. The third kappa shape index (κ3) is 10.8. The Kier molecular flexibility index (Phi) is 11.9. The van der Waals surface area contributed by atoms with Crippen LogP contribution < -0.4 is 26.8 Å². The van der Waals surface area contributed by atoms with E-state index in [-0.39, 0.29) is 31.6 Å². The second-order valence-corrected chi connectivity index (χ2v) is 12.0. The van der Waals surface area contributed by atoms with Crippen LogP contribution in [0.15, 0.2) is 67.1 Å². The fourth-order valence-electron chi connectivity index (χ4n) is 3.99. The summed E-state index contributed by atoms with van der Waals surface area (Å²) >= 11 is 4.24. The number of aromatic hydroxyl groups is 1. The van der Waals surface area contributed by atoms with E-state index < -0.39 is 56.9 Å². The zero-order valence-electron chi connectivity index (χ0n) is 22.6. The molecule has 0 radical (unpaired) electrons. The van der Waals surface area contributed by atoms with Gasteiger partial charge in [-0.25, -0.2) is 18.5 Å². The van der Waals surface area contributed by atoms with Gasteiger partial charge in [0.15, 0.2) is 0 Å². The Morgan fingerprint density at radius 3 is 2.19 bits per heavy atom. The van der Waals surface area contributed by atoms with Gasteiger partial charge in [0.25, 0.3) is 0 Å². The van der Waals surface area contributed by atoms with Crippen LogP contribution in [0.4, 0.5) is 0 Å². The summed E-state index contributed by atoms with van der Waals surface area (Å²) in [6, 6.07) is 12.1. The largest absolute Gasteiger partial charge is 0.508 e. The fourth-order valence-corrected chi connectivity index (χ4v) is 4.82. The van der Waals surface area contributed by atoms with Gasteiger partial charge in [-0.1, -0.05) is 42.5 Å². The summed E-state index contributed by atoms with van der Waals surface area (Å²) in [6.45, 7) is 0.237. The van der Waals surface area contributed by atoms with Crippen LogP contribution in [-0.4, -0.2) is 70.3 Å². The summed E-state index contributed by atoms with van der Waals surface area (Å²) in [7, 11) is -3.80. The number of aromatic nitrogens is 2. The molecule has 15 heteroatoms. The first kappa shape index (κ1) is 32.6. The number of amides is 3. The van der Waals surface area contributed by atoms with Crippen molar-refractivity contribution >= 4 is 40.4 Å². The number of benzene rings is 2. The van der Waals surface area contributed by atoms with E-state index in [2.05, 4.69) is 38.5 Å². The molecule has 0 fully saturated rings. The number of hydrogen-bond donors (Lipinski definition) is 8. The van der Waals surface area contributed by atoms with E-state index in [9.17, 15) is 27.9 Å². The Balaban J connectivity index is 1.77. The minimum absolute atomic E-state index is 0.00712. The van der Waals surface area contributed by atoms with Gasteiger partial charge in [-0.05, 0) is 29.7 Å². The number of nitrogens with two attached hydrogens (primary N) is 2. The predicted molar refractivity (Wildman–Crippen MR) is 160 cm³/mol. The monoisotopic (exact) mass is 617 g/mol. The lowest BCUT2D eigenvalue weighted by Gasteiger charge is -2.25. The third-order valence-electron chi connectivity index (χ3n) is 6.34. The van der Waals surface area contributed by atoms with Crippen LogP contribution in [-0.2, 0) is 43.8 Å². The molecule has 0 aliphatic carbocycles. The second kappa shape index (κ2) is 15.3. The number of primary sulfonamides is 1. The maximum atomic E-state index is 13.6. The Bertz CT molecular complexity index is 1420. The van der Waals surface area contributed by atoms with Crippen molar-refractivity contribution in [3.63, 3.8) is 0 Å². The molecule has 0 spiro atoms. The van der Waals surface area contributed by atoms with Crippen LogP contribution in [0.25, 0.3) is 0 Å². The summed E-state index contributed by atoms with van der Waals surface area (Å²) in [5, 5.41) is 21.7. The molecular formula is C27H35N7O6S2. The Labute approximate surface area is 249 Å². The van der Waals surface area contributed by atoms with Gasteiger partial charge in [-0.15, -0.1) is 0 Å². The summed E-state index contributed by atoms with van der Waals surface area (Å²) in [4.78, 5) is 46.7. The molecule has 3 aromatic rings. The molecule has 4 atom stereocenters. The zero-order chi connectivity index (χ0) is 30.7. The van der Waals surface area contributed by atoms with Crippen LogP contribution in [0.1, 0.15) is 23.2 Å². The van der Waals surface area contributed by atoms with Crippen molar-refractivity contribution in [2.75, 3.05) is 5.75 Å². The lowest BCUT2D eigenvalue weighted by molar-refractivity contribution is -0.132. The highest BCUT2D eigenvalue weighted by molar-refractivity contribution is 7.89. The van der Waals surface area contributed by atoms with Crippen molar-refractivity contribution in [3.05, 3.63) is 83.9 Å². The number of sulfonamides is 1. The standard InChI is InChI=1S/C27H35N7O6S2/c28-21(10-11-42(29,39)40)24(41)27(38)34-22(12-17-6-8-20(35)9-7-17)26(37)33-23(13-19-15-30-16-32-19)25(36)31-14-18-4-2-1-3-5-18/h1-9,15-16,21-24,35,41H,10-14,28H2,(H,30,32)(H,31,36)(H,33,37)(H,34,38)(H2,29,39,40)/t21?,22-,23-,24?/m0/s1. The number of phenols is 1. The van der Waals surface area contributed by atoms with Gasteiger partial charge >= 0.3 is 0 Å². The molecule has 2 aromatic carbocycles. The van der Waals surface area contributed by atoms with Crippen molar-refractivity contribution in [3.8, 4) is 5.75 Å². The molecule has 1 aromatic heterocycles. The number of nitrogens with one attached hydrogen (secondary N) is 4. The maximum absolute atomic E-state index is 13.6. The number of thiol groups is 1. The number of carbonyl (C=O) groups excluding carboxylic acids is 3. The number of H-pyrrole nitrogens is 1. The Morgan fingerprint density at radius 1 is 0.929 bits per heavy atom. The smallest absolute Gasteiger partial charge is 0.243 e. The minimum Gasteiger partial charge on any atom is -0.508 e. The molecule has 0 saturated heterocycles. The average molecular weight is 618 g/mol. The second-order valence-electron chi connectivity index (χ2n) is 9.74. The first-order valence-electron chi connectivity index (χ1n) is 13.0. The van der Waals surface area contributed by atoms with E-state index in [4.69, 9.17) is 10.9 Å². The molecule has 0 saturated carbocycles. The molecule has 42 heavy (non-hydrogen) atoms. The summed E-state index contributed by atoms with van der Waals surface area (Å²) in [6.07, 6.45) is 2.97. The van der Waals surface area contributed by atoms with Gasteiger partial charge in [0.05, 0.1) is 17.3 Å². The van der Waals surface area contributed by atoms with Gasteiger partial charge in [0, 0.05) is 37.3 Å². The number of aromatic amines is 1. The van der Waals surface area contributed by atoms with Gasteiger partial charge in [0.2, 0.25) is 27.7 Å². The quantitative estimate of drug-likeness (QED) is 0.104. The van der Waals surface area contributed by atoms with Crippen molar-refractivity contribution in [1.29, 1.82) is 0 Å². The van der Waals surface area contributed by atoms with Gasteiger partial charge in [-0.3, -0.25) is 14.4 Å². The SMILES string of the molecule is NC(CCS(N)(=O)=O)C(S)C(=O)N[C@@H](Cc1ccc(O)cc1)C(=O)N[C@@H](Cc1cnc[nH]1)C(=O)NCc1ccccc1. The van der Waals surface area contributed by atoms with E-state index in [0.29, 0.717) is 11.3 Å². The number of hydrogen-bond acceptors (Lipinski definition) is 9. The molecule has 9 N–H and O–H groups in total. The average Bonchev–Trinajstić information content (AvgIpc) is 3.48. The molecule has 13 nitrogen and oxygen atoms in total. The molecule has 3 amide bonds. The normalized spacial score (nSPS) is 14.3. The van der Waals surface area contributed by atoms with Gasteiger partial charge in [0.1, 0.15) is 17.8 Å². The molecule has 1 heterocycles. The third-order valence-corrected chi connectivity index (χ3v) is 7.76. The van der Waals surface area contributed by atoms with E-state index in [1.807, 2.05) is 30.3 Å². The first-order chi connectivity index (χ1) is 19.9. The fraction of sp³-hybridized carbons (Fsp3) is 0.333. The van der Waals surface area contributed by atoms with E-state index in [1.165, 1.54) is 24.7 Å². The van der Waals surface area contributed by atoms with Crippen molar-refractivity contribution in [2.24, 2.45) is 10.9 Å². The predicted octanol–water partition coefficient (Wildman–Crippen LogP) is -0.509. The number of imidazole rings is 1. The number of nitrogens with zero attached hydrogens (tertiary/aromatic N) is 1. The van der Waals surface area contributed by atoms with E-state index in [1.54, 1.807) is 12.1 Å². The summed E-state index contributed by atoms with van der Waals surface area (Å²) in [5.74, 6) is -2.24. The molecule has 0 bridgehead atoms. The molecule has 3 rings (SSSR count). The van der Waals surface area contributed by atoms with Crippen LogP contribution in [0, 0.1) is 0 Å². The van der Waals surface area contributed by atoms with Crippen LogP contribution in [0.5, 0.6) is 5.75 Å². The highest BCUT2D eigenvalue weighted by Crippen LogP contribution is 2.13. The number of phenolic OH excluding ortho intramolecular Hbond substituents is 1. The van der Waals surface area contributed by atoms with Crippen molar-refractivity contribution in [2.45, 2.75) is 49.2 Å². The number of carbonyl (C=O) groups is 3. The molecule has 2 unspecified atom stereocenters. The molecule has 0 aliphatic rings. The summed E-state index contributed by atoms with van der Waals surface area (Å²) < 4.78 is 22.6. The zero-order valence-corrected chi connectivity index (χ0v) is 24.4. The van der Waals surface area contributed by atoms with E-state index in [0.717, 1.165) is 5.56 Å². The topological polar surface area (TPSA) is 222 Å². The molecule has 0 aliphatic heterocycles. The van der Waals surface area contributed by atoms with Crippen molar-refractivity contribution < 1.29 is 27.9 Å². The Hall–Kier alpha value is -3.92. The van der Waals surface area contributed by atoms with Crippen LogP contribution in [0.3, 0.4) is 0 Å². The highest BCUT2D eigenvalue weighted by atomic mass is 32.2. The van der Waals surface area contributed by atoms with Crippen LogP contribution in [0.2, 0.25) is 0 Å². The maximum Gasteiger partial charge on any atom is 0.243 e. The van der Waals surface area contributed by atoms with E-state index >= 15 is 0 Å². The minimum atomic E-state index is -3.80. The highest BCUT2D eigenvalue weighted by Gasteiger charge is 2.31. The lowest BCUT2D eigenvalue weighted by Crippen LogP contribution is -2.57. The summed E-state index contributed by atoms with van der Waals surface area (Å²) in [5.41, 5.74) is 8.06. The molecule has 226 valence electrons. The Morgan fingerprint density at radius 2 is 1.57 bits per heavy atom. The van der Waals surface area contributed by atoms with Crippen LogP contribution >= 0.6 is 12.6 Å². The molecular weight excluding hydrogens is 582 g/mol. The number of rotatable bonds is 15. The van der Waals surface area contributed by atoms with Crippen molar-refractivity contribution in [1.82, 2.24) is 25.9 Å².